The van der Waals surface area contributed by atoms with E-state index in [9.17, 15) is 20.3 Å². The number of β-amino-alcohol motifs (C(OH)–C–C–N with tert-alkyl or cyclic N) is 2. The number of aromatic nitrogens is 1. The van der Waals surface area contributed by atoms with Crippen LogP contribution in [-0.2, 0) is 0 Å². The predicted octanol–water partition coefficient (Wildman–Crippen LogP) is -0.407. The van der Waals surface area contributed by atoms with Crippen LogP contribution in [0.1, 0.15) is 0 Å². The molecule has 0 aromatic carbocycles. The van der Waals surface area contributed by atoms with Crippen LogP contribution < -0.4 is 4.90 Å². The van der Waals surface area contributed by atoms with E-state index in [2.05, 4.69) is 4.98 Å². The molecule has 1 aliphatic rings. The zero-order valence-corrected chi connectivity index (χ0v) is 8.42. The van der Waals surface area contributed by atoms with Gasteiger partial charge in [0.2, 0.25) is 0 Å². The first-order valence-corrected chi connectivity index (χ1v) is 5.11. The molecule has 1 saturated heterocycles. The van der Waals surface area contributed by atoms with E-state index in [-0.39, 0.29) is 18.1 Å². The molecule has 1 aromatic rings. The molecule has 2 atom stereocenters. The first-order chi connectivity index (χ1) is 7.08. The molecule has 0 saturated carbocycles. The van der Waals surface area contributed by atoms with Crippen molar-refractivity contribution in [3.8, 4) is 0 Å². The number of aliphatic hydroxyl groups excluding tert-OH is 2. The van der Waals surface area contributed by atoms with Crippen LogP contribution in [0, 0.1) is 10.1 Å². The summed E-state index contributed by atoms with van der Waals surface area (Å²) in [6, 6.07) is 0. The van der Waals surface area contributed by atoms with Gasteiger partial charge in [-0.25, -0.2) is 4.98 Å². The van der Waals surface area contributed by atoms with Crippen molar-refractivity contribution in [2.75, 3.05) is 18.0 Å². The fourth-order valence-corrected chi connectivity index (χ4v) is 2.16. The van der Waals surface area contributed by atoms with Gasteiger partial charge in [-0.05, 0) is 11.3 Å². The second-order valence-electron chi connectivity index (χ2n) is 3.28. The zero-order valence-electron chi connectivity index (χ0n) is 7.61. The van der Waals surface area contributed by atoms with Gasteiger partial charge in [0, 0.05) is 13.1 Å². The predicted molar refractivity (Wildman–Crippen MR) is 53.0 cm³/mol. The largest absolute Gasteiger partial charge is 0.389 e. The SMILES string of the molecule is O=[N+]([O-])c1cnc(N2CC(O)C(O)C2)s1. The molecule has 1 fully saturated rings. The van der Waals surface area contributed by atoms with E-state index in [1.165, 1.54) is 6.20 Å². The molecule has 7 nitrogen and oxygen atoms in total. The van der Waals surface area contributed by atoms with Crippen LogP contribution in [0.4, 0.5) is 10.1 Å². The Hall–Kier alpha value is -1.25. The van der Waals surface area contributed by atoms with Gasteiger partial charge < -0.3 is 15.1 Å². The third-order valence-electron chi connectivity index (χ3n) is 2.19. The summed E-state index contributed by atoms with van der Waals surface area (Å²) in [4.78, 5) is 15.4. The summed E-state index contributed by atoms with van der Waals surface area (Å²) in [7, 11) is 0. The van der Waals surface area contributed by atoms with E-state index in [4.69, 9.17) is 0 Å². The highest BCUT2D eigenvalue weighted by molar-refractivity contribution is 7.18. The van der Waals surface area contributed by atoms with Crippen LogP contribution >= 0.6 is 11.3 Å². The fourth-order valence-electron chi connectivity index (χ4n) is 1.41. The number of thiazole rings is 1. The molecule has 82 valence electrons. The molecule has 0 spiro atoms. The van der Waals surface area contributed by atoms with E-state index >= 15 is 0 Å². The summed E-state index contributed by atoms with van der Waals surface area (Å²) in [6.45, 7) is 0.512. The minimum absolute atomic E-state index is 0.0409. The minimum atomic E-state index is -0.812. The Morgan fingerprint density at radius 3 is 2.60 bits per heavy atom. The Labute approximate surface area is 88.7 Å². The van der Waals surface area contributed by atoms with E-state index in [0.717, 1.165) is 11.3 Å². The monoisotopic (exact) mass is 231 g/mol. The second-order valence-corrected chi connectivity index (χ2v) is 4.27. The van der Waals surface area contributed by atoms with Crippen LogP contribution in [0.15, 0.2) is 6.20 Å². The lowest BCUT2D eigenvalue weighted by atomic mass is 10.3. The van der Waals surface area contributed by atoms with Gasteiger partial charge in [0.15, 0.2) is 5.13 Å². The van der Waals surface area contributed by atoms with Crippen LogP contribution in [-0.4, -0.2) is 45.4 Å². The number of nitro groups is 1. The summed E-state index contributed by atoms with van der Waals surface area (Å²) < 4.78 is 0. The molecule has 0 bridgehead atoms. The molecule has 8 heteroatoms. The van der Waals surface area contributed by atoms with Crippen molar-refractivity contribution in [2.45, 2.75) is 12.2 Å². The Morgan fingerprint density at radius 1 is 1.53 bits per heavy atom. The summed E-state index contributed by atoms with van der Waals surface area (Å²) in [5, 5.41) is 29.4. The Morgan fingerprint density at radius 2 is 2.13 bits per heavy atom. The van der Waals surface area contributed by atoms with Crippen molar-refractivity contribution >= 4 is 21.5 Å². The molecule has 2 rings (SSSR count). The van der Waals surface area contributed by atoms with E-state index < -0.39 is 17.1 Å². The summed E-state index contributed by atoms with van der Waals surface area (Å²) >= 11 is 0.936. The lowest BCUT2D eigenvalue weighted by Gasteiger charge is -2.11. The van der Waals surface area contributed by atoms with Crippen molar-refractivity contribution in [1.29, 1.82) is 0 Å². The molecule has 15 heavy (non-hydrogen) atoms. The standard InChI is InChI=1S/C7H9N3O4S/c11-4-2-9(3-5(4)12)7-8-1-6(15-7)10(13)14/h1,4-5,11-12H,2-3H2. The van der Waals surface area contributed by atoms with E-state index in [1.807, 2.05) is 0 Å². The van der Waals surface area contributed by atoms with E-state index in [0.29, 0.717) is 5.13 Å². The third-order valence-corrected chi connectivity index (χ3v) is 3.20. The van der Waals surface area contributed by atoms with Gasteiger partial charge >= 0.3 is 5.00 Å². The highest BCUT2D eigenvalue weighted by atomic mass is 32.1. The number of rotatable bonds is 2. The van der Waals surface area contributed by atoms with Crippen molar-refractivity contribution in [3.63, 3.8) is 0 Å². The molecule has 0 radical (unpaired) electrons. The lowest BCUT2D eigenvalue weighted by Crippen LogP contribution is -2.22. The highest BCUT2D eigenvalue weighted by Crippen LogP contribution is 2.30. The number of hydrogen-bond donors (Lipinski definition) is 2. The zero-order chi connectivity index (χ0) is 11.0. The van der Waals surface area contributed by atoms with Crippen molar-refractivity contribution in [2.24, 2.45) is 0 Å². The Balaban J connectivity index is 2.14. The molecular formula is C7H9N3O4S. The van der Waals surface area contributed by atoms with Gasteiger partial charge in [-0.2, -0.15) is 0 Å². The molecule has 0 amide bonds. The van der Waals surface area contributed by atoms with E-state index in [1.54, 1.807) is 4.90 Å². The highest BCUT2D eigenvalue weighted by Gasteiger charge is 2.31. The smallest absolute Gasteiger partial charge is 0.345 e. The lowest BCUT2D eigenvalue weighted by molar-refractivity contribution is -0.380. The molecule has 2 unspecified atom stereocenters. The second kappa shape index (κ2) is 3.72. The first kappa shape index (κ1) is 10.3. The molecule has 1 aromatic heterocycles. The van der Waals surface area contributed by atoms with Gasteiger partial charge in [-0.15, -0.1) is 0 Å². The van der Waals surface area contributed by atoms with Gasteiger partial charge in [-0.1, -0.05) is 0 Å². The number of anilines is 1. The first-order valence-electron chi connectivity index (χ1n) is 4.29. The van der Waals surface area contributed by atoms with Crippen molar-refractivity contribution in [3.05, 3.63) is 16.3 Å². The quantitative estimate of drug-likeness (QED) is 0.530. The normalized spacial score (nSPS) is 25.9. The average Bonchev–Trinajstić information content (AvgIpc) is 2.74. The van der Waals surface area contributed by atoms with Crippen LogP contribution in [0.5, 0.6) is 0 Å². The van der Waals surface area contributed by atoms with Gasteiger partial charge in [0.25, 0.3) is 0 Å². The van der Waals surface area contributed by atoms with Gasteiger partial charge in [0.1, 0.15) is 6.20 Å². The van der Waals surface area contributed by atoms with Gasteiger partial charge in [-0.3, -0.25) is 10.1 Å². The fraction of sp³-hybridized carbons (Fsp3) is 0.571. The molecule has 2 heterocycles. The number of nitrogens with zero attached hydrogens (tertiary/aromatic N) is 3. The maximum Gasteiger partial charge on any atom is 0.345 e. The van der Waals surface area contributed by atoms with Crippen LogP contribution in [0.25, 0.3) is 0 Å². The number of hydrogen-bond acceptors (Lipinski definition) is 7. The summed E-state index contributed by atoms with van der Waals surface area (Å²) in [6.07, 6.45) is -0.446. The number of aliphatic hydroxyl groups is 2. The average molecular weight is 231 g/mol. The molecule has 1 aliphatic heterocycles. The maximum absolute atomic E-state index is 10.4. The van der Waals surface area contributed by atoms with Crippen molar-refractivity contribution < 1.29 is 15.1 Å². The van der Waals surface area contributed by atoms with Crippen LogP contribution in [0.2, 0.25) is 0 Å². The molecule has 2 N–H and O–H groups in total. The summed E-state index contributed by atoms with van der Waals surface area (Å²) in [5.41, 5.74) is 0. The topological polar surface area (TPSA) is 99.7 Å². The van der Waals surface area contributed by atoms with Gasteiger partial charge in [0.05, 0.1) is 17.1 Å². The van der Waals surface area contributed by atoms with Crippen LogP contribution in [0.3, 0.4) is 0 Å². The maximum atomic E-state index is 10.4. The van der Waals surface area contributed by atoms with Crippen molar-refractivity contribution in [1.82, 2.24) is 4.98 Å². The minimum Gasteiger partial charge on any atom is -0.389 e. The molecule has 0 aliphatic carbocycles. The molecular weight excluding hydrogens is 222 g/mol. The Bertz CT molecular complexity index is 372. The third kappa shape index (κ3) is 1.91. The Kier molecular flexibility index (Phi) is 2.55. The summed E-state index contributed by atoms with van der Waals surface area (Å²) in [5.74, 6) is 0.